The van der Waals surface area contributed by atoms with Crippen LogP contribution in [0.25, 0.3) is 0 Å². The molecule has 0 radical (unpaired) electrons. The number of hydrogen-bond donors (Lipinski definition) is 3. The summed E-state index contributed by atoms with van der Waals surface area (Å²) < 4.78 is 14.0. The lowest BCUT2D eigenvalue weighted by Crippen LogP contribution is -2.30. The van der Waals surface area contributed by atoms with Crippen LogP contribution in [-0.4, -0.2) is 37.0 Å². The molecule has 0 spiro atoms. The summed E-state index contributed by atoms with van der Waals surface area (Å²) >= 11 is 2.05. The highest BCUT2D eigenvalue weighted by molar-refractivity contribution is 14.1. The first-order valence-corrected chi connectivity index (χ1v) is 6.89. The van der Waals surface area contributed by atoms with Gasteiger partial charge in [0.15, 0.2) is 0 Å². The molecule has 0 aromatic heterocycles. The predicted octanol–water partition coefficient (Wildman–Crippen LogP) is 0.146. The van der Waals surface area contributed by atoms with Gasteiger partial charge in [-0.2, -0.15) is 0 Å². The van der Waals surface area contributed by atoms with E-state index in [4.69, 9.17) is 14.5 Å². The van der Waals surface area contributed by atoms with Gasteiger partial charge in [0.2, 0.25) is 0 Å². The Morgan fingerprint density at radius 1 is 1.50 bits per heavy atom. The summed E-state index contributed by atoms with van der Waals surface area (Å²) in [5.41, 5.74) is 1.65. The lowest BCUT2D eigenvalue weighted by molar-refractivity contribution is 0.195. The first kappa shape index (κ1) is 14.1. The van der Waals surface area contributed by atoms with Gasteiger partial charge in [-0.25, -0.2) is 0 Å². The molecular weight excluding hydrogens is 348 g/mol. The number of aliphatic hydroxyl groups excluding tert-OH is 1. The third-order valence-corrected chi connectivity index (χ3v) is 3.25. The van der Waals surface area contributed by atoms with Crippen molar-refractivity contribution in [1.29, 1.82) is 0 Å². The number of ether oxygens (including phenoxy) is 1. The number of aliphatic hydroxyl groups is 1. The van der Waals surface area contributed by atoms with Gasteiger partial charge in [0.1, 0.15) is 5.75 Å². The van der Waals surface area contributed by atoms with Crippen LogP contribution < -0.4 is 13.7 Å². The highest BCUT2D eigenvalue weighted by Crippen LogP contribution is 2.27. The van der Waals surface area contributed by atoms with E-state index in [1.165, 1.54) is 0 Å². The topological polar surface area (TPSA) is 71.0 Å². The van der Waals surface area contributed by atoms with Crippen molar-refractivity contribution < 1.29 is 19.5 Å². The SMILES string of the molecule is OCCCOc1cccc2c1B(O)OC2CNI. The number of nitrogens with one attached hydrogen (secondary N) is 1. The molecule has 0 fully saturated rings. The smallest absolute Gasteiger partial charge is 0.494 e. The van der Waals surface area contributed by atoms with E-state index in [1.807, 2.05) is 41.1 Å². The van der Waals surface area contributed by atoms with Crippen LogP contribution in [0.2, 0.25) is 0 Å². The zero-order valence-electron chi connectivity index (χ0n) is 9.80. The van der Waals surface area contributed by atoms with Gasteiger partial charge in [0.25, 0.3) is 0 Å². The Balaban J connectivity index is 2.18. The van der Waals surface area contributed by atoms with Crippen LogP contribution in [0.3, 0.4) is 0 Å². The van der Waals surface area contributed by atoms with Gasteiger partial charge in [-0.1, -0.05) is 12.1 Å². The van der Waals surface area contributed by atoms with Crippen LogP contribution in [0.5, 0.6) is 5.75 Å². The Hall–Kier alpha value is -0.345. The summed E-state index contributed by atoms with van der Waals surface area (Å²) in [4.78, 5) is 0. The minimum absolute atomic E-state index is 0.0927. The van der Waals surface area contributed by atoms with E-state index in [-0.39, 0.29) is 12.7 Å². The summed E-state index contributed by atoms with van der Waals surface area (Å²) in [7, 11) is -0.944. The second-order valence-corrected chi connectivity index (χ2v) is 4.76. The lowest BCUT2D eigenvalue weighted by atomic mass is 9.78. The Labute approximate surface area is 120 Å². The molecule has 0 saturated carbocycles. The molecular formula is C11H15BINO4. The van der Waals surface area contributed by atoms with E-state index in [2.05, 4.69) is 3.53 Å². The zero-order chi connectivity index (χ0) is 13.0. The average molecular weight is 363 g/mol. The van der Waals surface area contributed by atoms with Gasteiger partial charge in [-0.15, -0.1) is 0 Å². The molecule has 3 N–H and O–H groups in total. The van der Waals surface area contributed by atoms with E-state index in [9.17, 15) is 5.02 Å². The molecule has 1 heterocycles. The summed E-state index contributed by atoms with van der Waals surface area (Å²) in [5, 5.41) is 18.7. The highest BCUT2D eigenvalue weighted by Gasteiger charge is 2.37. The molecule has 1 aliphatic rings. The maximum Gasteiger partial charge on any atom is 0.495 e. The quantitative estimate of drug-likeness (QED) is 0.291. The highest BCUT2D eigenvalue weighted by atomic mass is 127. The minimum atomic E-state index is -0.944. The molecule has 0 saturated heterocycles. The largest absolute Gasteiger partial charge is 0.495 e. The van der Waals surface area contributed by atoms with Crippen LogP contribution in [0.1, 0.15) is 18.1 Å². The normalized spacial score (nSPS) is 17.9. The first-order chi connectivity index (χ1) is 8.77. The zero-order valence-corrected chi connectivity index (χ0v) is 12.0. The van der Waals surface area contributed by atoms with Gasteiger partial charge in [-0.05, 0) is 11.6 Å². The molecule has 1 unspecified atom stereocenters. The van der Waals surface area contributed by atoms with Crippen molar-refractivity contribution in [3.8, 4) is 5.75 Å². The standard InChI is InChI=1S/C11H15BINO4/c13-14-7-10-8-3-1-4-9(17-6-2-5-15)11(8)12(16)18-10/h1,3-4,10,14-16H,2,5-7H2. The monoisotopic (exact) mass is 363 g/mol. The van der Waals surface area contributed by atoms with Gasteiger partial charge < -0.3 is 19.5 Å². The van der Waals surface area contributed by atoms with Gasteiger partial charge in [-0.3, -0.25) is 3.53 Å². The van der Waals surface area contributed by atoms with E-state index >= 15 is 0 Å². The maximum atomic E-state index is 9.93. The Bertz CT molecular complexity index is 407. The summed E-state index contributed by atoms with van der Waals surface area (Å²) in [5.74, 6) is 0.629. The van der Waals surface area contributed by atoms with Crippen molar-refractivity contribution in [2.24, 2.45) is 0 Å². The van der Waals surface area contributed by atoms with Crippen LogP contribution in [0.4, 0.5) is 0 Å². The van der Waals surface area contributed by atoms with E-state index < -0.39 is 7.12 Å². The number of fused-ring (bicyclic) bond motifs is 1. The molecule has 1 aromatic carbocycles. The molecule has 98 valence electrons. The maximum absolute atomic E-state index is 9.93. The fraction of sp³-hybridized carbons (Fsp3) is 0.455. The lowest BCUT2D eigenvalue weighted by Gasteiger charge is -2.11. The third-order valence-electron chi connectivity index (χ3n) is 2.81. The number of hydrogen-bond acceptors (Lipinski definition) is 5. The molecule has 7 heteroatoms. The Kier molecular flexibility index (Phi) is 5.25. The Morgan fingerprint density at radius 2 is 2.33 bits per heavy atom. The molecule has 2 rings (SSSR count). The molecule has 1 aromatic rings. The van der Waals surface area contributed by atoms with E-state index in [0.717, 1.165) is 5.56 Å². The fourth-order valence-electron chi connectivity index (χ4n) is 2.00. The van der Waals surface area contributed by atoms with Crippen molar-refractivity contribution in [1.82, 2.24) is 3.53 Å². The molecule has 0 bridgehead atoms. The fourth-order valence-corrected chi connectivity index (χ4v) is 2.40. The summed E-state index contributed by atoms with van der Waals surface area (Å²) in [6, 6.07) is 5.63. The average Bonchev–Trinajstić information content (AvgIpc) is 2.68. The van der Waals surface area contributed by atoms with Crippen molar-refractivity contribution in [2.75, 3.05) is 19.8 Å². The summed E-state index contributed by atoms with van der Waals surface area (Å²) in [6.07, 6.45) is 0.410. The van der Waals surface area contributed by atoms with E-state index in [0.29, 0.717) is 30.8 Å². The molecule has 1 aliphatic heterocycles. The van der Waals surface area contributed by atoms with Crippen LogP contribution >= 0.6 is 22.9 Å². The van der Waals surface area contributed by atoms with Crippen LogP contribution in [-0.2, 0) is 4.65 Å². The molecule has 18 heavy (non-hydrogen) atoms. The van der Waals surface area contributed by atoms with Gasteiger partial charge in [0.05, 0.1) is 12.7 Å². The van der Waals surface area contributed by atoms with Crippen molar-refractivity contribution >= 4 is 35.4 Å². The van der Waals surface area contributed by atoms with Gasteiger partial charge in [0, 0.05) is 47.9 Å². The Morgan fingerprint density at radius 3 is 3.06 bits per heavy atom. The van der Waals surface area contributed by atoms with E-state index in [1.54, 1.807) is 0 Å². The van der Waals surface area contributed by atoms with Crippen LogP contribution in [0.15, 0.2) is 18.2 Å². The molecule has 0 amide bonds. The second kappa shape index (κ2) is 6.71. The molecule has 1 atom stereocenters. The second-order valence-electron chi connectivity index (χ2n) is 4.00. The number of halogens is 1. The number of rotatable bonds is 6. The van der Waals surface area contributed by atoms with Crippen LogP contribution in [0, 0.1) is 0 Å². The minimum Gasteiger partial charge on any atom is -0.494 e. The third kappa shape index (κ3) is 2.97. The van der Waals surface area contributed by atoms with Crippen molar-refractivity contribution in [3.63, 3.8) is 0 Å². The van der Waals surface area contributed by atoms with Gasteiger partial charge >= 0.3 is 7.12 Å². The summed E-state index contributed by atoms with van der Waals surface area (Å²) in [6.45, 7) is 1.15. The molecule has 0 aliphatic carbocycles. The number of benzene rings is 1. The molecule has 5 nitrogen and oxygen atoms in total. The first-order valence-electron chi connectivity index (χ1n) is 5.81. The predicted molar refractivity (Wildman–Crippen MR) is 77.1 cm³/mol. The van der Waals surface area contributed by atoms with Crippen molar-refractivity contribution in [2.45, 2.75) is 12.5 Å². The van der Waals surface area contributed by atoms with Crippen molar-refractivity contribution in [3.05, 3.63) is 23.8 Å².